The van der Waals surface area contributed by atoms with Crippen LogP contribution in [-0.4, -0.2) is 40.0 Å². The zero-order valence-corrected chi connectivity index (χ0v) is 11.4. The predicted octanol–water partition coefficient (Wildman–Crippen LogP) is 0.983. The molecule has 0 aromatic rings. The fourth-order valence-electron chi connectivity index (χ4n) is 1.39. The zero-order valence-electron chi connectivity index (χ0n) is 10.5. The summed E-state index contributed by atoms with van der Waals surface area (Å²) in [6.45, 7) is 1.95. The number of hydrogen-bond acceptors (Lipinski definition) is 4. The number of carbonyl (C=O) groups is 2. The number of carbonyl (C=O) groups excluding carboxylic acids is 1. The molecule has 0 radical (unpaired) electrons. The molecule has 0 heterocycles. The van der Waals surface area contributed by atoms with Crippen molar-refractivity contribution in [2.75, 3.05) is 5.75 Å². The lowest BCUT2D eigenvalue weighted by Crippen LogP contribution is -2.41. The predicted molar refractivity (Wildman–Crippen MR) is 72.7 cm³/mol. The topological polar surface area (TPSA) is 86.6 Å². The highest BCUT2D eigenvalue weighted by atomic mass is 32.1. The van der Waals surface area contributed by atoms with Gasteiger partial charge in [0.1, 0.15) is 6.04 Å². The van der Waals surface area contributed by atoms with Gasteiger partial charge in [0.2, 0.25) is 5.91 Å². The van der Waals surface area contributed by atoms with E-state index in [2.05, 4.69) is 17.9 Å². The number of aliphatic hydroxyl groups excluding tert-OH is 1. The molecule has 0 aliphatic rings. The average Bonchev–Trinajstić information content (AvgIpc) is 2.31. The van der Waals surface area contributed by atoms with Gasteiger partial charge in [-0.25, -0.2) is 4.79 Å². The quantitative estimate of drug-likeness (QED) is 0.373. The molecule has 0 aromatic carbocycles. The van der Waals surface area contributed by atoms with E-state index in [1.807, 2.05) is 6.92 Å². The molecule has 0 saturated heterocycles. The summed E-state index contributed by atoms with van der Waals surface area (Å²) in [7, 11) is 0. The maximum Gasteiger partial charge on any atom is 0.326 e. The van der Waals surface area contributed by atoms with E-state index in [0.717, 1.165) is 12.8 Å². The van der Waals surface area contributed by atoms with Crippen molar-refractivity contribution in [1.29, 1.82) is 0 Å². The maximum absolute atomic E-state index is 11.5. The minimum atomic E-state index is -1.04. The third kappa shape index (κ3) is 8.14. The van der Waals surface area contributed by atoms with Gasteiger partial charge in [-0.05, 0) is 6.42 Å². The first-order valence-corrected chi connectivity index (χ1v) is 6.62. The standard InChI is InChI=1S/C12H21NO4S/c1-2-3-6-10(12(16)17)13-11(15)8-9(14)5-4-7-18/h4-5,9-10,14,18H,2-3,6-8H2,1H3,(H,13,15)(H,16,17)/b5-4+/t9?,10-/m1/s1. The first-order valence-electron chi connectivity index (χ1n) is 5.99. The van der Waals surface area contributed by atoms with Gasteiger partial charge in [-0.15, -0.1) is 0 Å². The number of unbranched alkanes of at least 4 members (excludes halogenated alkanes) is 1. The fourth-order valence-corrected chi connectivity index (χ4v) is 1.52. The first-order chi connectivity index (χ1) is 8.51. The first kappa shape index (κ1) is 17.0. The highest BCUT2D eigenvalue weighted by Gasteiger charge is 2.19. The monoisotopic (exact) mass is 275 g/mol. The molecular weight excluding hydrogens is 254 g/mol. The summed E-state index contributed by atoms with van der Waals surface area (Å²) in [4.78, 5) is 22.4. The summed E-state index contributed by atoms with van der Waals surface area (Å²) in [5.41, 5.74) is 0. The minimum Gasteiger partial charge on any atom is -0.480 e. The second-order valence-corrected chi connectivity index (χ2v) is 4.35. The van der Waals surface area contributed by atoms with Gasteiger partial charge in [0.25, 0.3) is 0 Å². The van der Waals surface area contributed by atoms with E-state index in [1.165, 1.54) is 6.08 Å². The molecule has 104 valence electrons. The van der Waals surface area contributed by atoms with Gasteiger partial charge < -0.3 is 15.5 Å². The average molecular weight is 275 g/mol. The van der Waals surface area contributed by atoms with Gasteiger partial charge in [-0.2, -0.15) is 12.6 Å². The van der Waals surface area contributed by atoms with Crippen LogP contribution in [0.4, 0.5) is 0 Å². The number of hydrogen-bond donors (Lipinski definition) is 4. The molecule has 0 rings (SSSR count). The number of amides is 1. The summed E-state index contributed by atoms with van der Waals surface area (Å²) >= 11 is 3.93. The van der Waals surface area contributed by atoms with Crippen molar-refractivity contribution in [3.05, 3.63) is 12.2 Å². The van der Waals surface area contributed by atoms with Crippen molar-refractivity contribution in [2.45, 2.75) is 44.8 Å². The largest absolute Gasteiger partial charge is 0.480 e. The van der Waals surface area contributed by atoms with Crippen molar-refractivity contribution in [3.8, 4) is 0 Å². The number of thiol groups is 1. The van der Waals surface area contributed by atoms with E-state index in [0.29, 0.717) is 12.2 Å². The van der Waals surface area contributed by atoms with E-state index < -0.39 is 24.0 Å². The molecule has 1 unspecified atom stereocenters. The van der Waals surface area contributed by atoms with Crippen LogP contribution in [-0.2, 0) is 9.59 Å². The fraction of sp³-hybridized carbons (Fsp3) is 0.667. The lowest BCUT2D eigenvalue weighted by atomic mass is 10.1. The third-order valence-electron chi connectivity index (χ3n) is 2.34. The van der Waals surface area contributed by atoms with Crippen molar-refractivity contribution >= 4 is 24.5 Å². The zero-order chi connectivity index (χ0) is 14.0. The number of carboxylic acids is 1. The van der Waals surface area contributed by atoms with Crippen LogP contribution in [0.25, 0.3) is 0 Å². The Morgan fingerprint density at radius 3 is 2.61 bits per heavy atom. The van der Waals surface area contributed by atoms with Gasteiger partial charge in [-0.1, -0.05) is 31.9 Å². The molecule has 6 heteroatoms. The van der Waals surface area contributed by atoms with Crippen LogP contribution < -0.4 is 5.32 Å². The number of nitrogens with one attached hydrogen (secondary N) is 1. The molecule has 0 aliphatic carbocycles. The lowest BCUT2D eigenvalue weighted by Gasteiger charge is -2.14. The minimum absolute atomic E-state index is 0.139. The van der Waals surface area contributed by atoms with Gasteiger partial charge >= 0.3 is 5.97 Å². The summed E-state index contributed by atoms with van der Waals surface area (Å²) in [5, 5.41) is 20.8. The van der Waals surface area contributed by atoms with E-state index in [-0.39, 0.29) is 6.42 Å². The molecule has 0 fully saturated rings. The van der Waals surface area contributed by atoms with Crippen LogP contribution in [0.15, 0.2) is 12.2 Å². The molecule has 0 bridgehead atoms. The molecular formula is C12H21NO4S. The lowest BCUT2D eigenvalue weighted by molar-refractivity contribution is -0.142. The van der Waals surface area contributed by atoms with Crippen molar-refractivity contribution < 1.29 is 19.8 Å². The molecule has 5 nitrogen and oxygen atoms in total. The summed E-state index contributed by atoms with van der Waals surface area (Å²) in [6, 6.07) is -0.876. The van der Waals surface area contributed by atoms with E-state index >= 15 is 0 Å². The molecule has 2 atom stereocenters. The second-order valence-electron chi connectivity index (χ2n) is 3.98. The highest BCUT2D eigenvalue weighted by Crippen LogP contribution is 2.02. The van der Waals surface area contributed by atoms with Crippen molar-refractivity contribution in [2.24, 2.45) is 0 Å². The van der Waals surface area contributed by atoms with E-state index in [9.17, 15) is 14.7 Å². The third-order valence-corrected chi connectivity index (χ3v) is 2.55. The molecule has 0 aliphatic heterocycles. The Balaban J connectivity index is 4.16. The van der Waals surface area contributed by atoms with Crippen LogP contribution >= 0.6 is 12.6 Å². The number of aliphatic hydroxyl groups is 1. The van der Waals surface area contributed by atoms with Gasteiger partial charge in [0.15, 0.2) is 0 Å². The summed E-state index contributed by atoms with van der Waals surface area (Å²) in [6.07, 6.45) is 4.06. The van der Waals surface area contributed by atoms with Crippen LogP contribution in [0.3, 0.4) is 0 Å². The van der Waals surface area contributed by atoms with Gasteiger partial charge in [-0.3, -0.25) is 4.79 Å². The Labute approximate surface area is 113 Å². The van der Waals surface area contributed by atoms with Crippen LogP contribution in [0.5, 0.6) is 0 Å². The number of carboxylic acid groups (broad SMARTS) is 1. The van der Waals surface area contributed by atoms with Gasteiger partial charge in [0.05, 0.1) is 12.5 Å². The SMILES string of the molecule is CCCC[C@@H](NC(=O)CC(O)/C=C/CS)C(=O)O. The molecule has 1 amide bonds. The Morgan fingerprint density at radius 2 is 2.11 bits per heavy atom. The smallest absolute Gasteiger partial charge is 0.326 e. The Morgan fingerprint density at radius 1 is 1.44 bits per heavy atom. The molecule has 0 aromatic heterocycles. The Hall–Kier alpha value is -1.01. The van der Waals surface area contributed by atoms with Crippen LogP contribution in [0, 0.1) is 0 Å². The van der Waals surface area contributed by atoms with E-state index in [1.54, 1.807) is 6.08 Å². The highest BCUT2D eigenvalue weighted by molar-refractivity contribution is 7.80. The van der Waals surface area contributed by atoms with Crippen molar-refractivity contribution in [1.82, 2.24) is 5.32 Å². The van der Waals surface area contributed by atoms with E-state index in [4.69, 9.17) is 5.11 Å². The molecule has 0 spiro atoms. The van der Waals surface area contributed by atoms with Crippen LogP contribution in [0.1, 0.15) is 32.6 Å². The summed E-state index contributed by atoms with van der Waals surface area (Å²) in [5.74, 6) is -1.03. The number of aliphatic carboxylic acids is 1. The molecule has 0 saturated carbocycles. The summed E-state index contributed by atoms with van der Waals surface area (Å²) < 4.78 is 0. The van der Waals surface area contributed by atoms with Gasteiger partial charge in [0, 0.05) is 5.75 Å². The molecule has 3 N–H and O–H groups in total. The van der Waals surface area contributed by atoms with Crippen molar-refractivity contribution in [3.63, 3.8) is 0 Å². The number of rotatable bonds is 9. The normalized spacial score (nSPS) is 14.4. The molecule has 18 heavy (non-hydrogen) atoms. The maximum atomic E-state index is 11.5. The Kier molecular flexibility index (Phi) is 9.40. The Bertz CT molecular complexity index is 294. The second kappa shape index (κ2) is 9.96. The van der Waals surface area contributed by atoms with Crippen LogP contribution in [0.2, 0.25) is 0 Å².